The number of benzene rings is 1. The second-order valence-corrected chi connectivity index (χ2v) is 5.52. The lowest BCUT2D eigenvalue weighted by molar-refractivity contribution is 0.0932. The Labute approximate surface area is 134 Å². The molecule has 1 atom stereocenters. The molecule has 0 saturated heterocycles. The van der Waals surface area contributed by atoms with Crippen molar-refractivity contribution in [2.45, 2.75) is 19.8 Å². The predicted molar refractivity (Wildman–Crippen MR) is 83.9 cm³/mol. The summed E-state index contributed by atoms with van der Waals surface area (Å²) in [6.07, 6.45) is 2.79. The molecule has 1 aliphatic heterocycles. The molecular formula is C17H20N2O4. The first-order valence-corrected chi connectivity index (χ1v) is 7.72. The molecule has 1 aromatic carbocycles. The summed E-state index contributed by atoms with van der Waals surface area (Å²) in [6, 6.07) is 5.86. The Morgan fingerprint density at radius 2 is 2.35 bits per heavy atom. The first-order chi connectivity index (χ1) is 11.2. The van der Waals surface area contributed by atoms with E-state index in [1.54, 1.807) is 7.11 Å². The average Bonchev–Trinajstić information content (AvgIpc) is 3.07. The number of carbonyl (C=O) groups is 1. The number of ether oxygens (including phenoxy) is 2. The molecule has 0 spiro atoms. The second kappa shape index (κ2) is 6.73. The Bertz CT molecular complexity index is 696. The van der Waals surface area contributed by atoms with Crippen LogP contribution < -0.4 is 14.8 Å². The van der Waals surface area contributed by atoms with Gasteiger partial charge in [0.1, 0.15) is 5.76 Å². The molecule has 2 aromatic rings. The normalized spacial score (nSPS) is 16.3. The minimum Gasteiger partial charge on any atom is -0.493 e. The number of nitrogens with one attached hydrogen (secondary N) is 1. The average molecular weight is 316 g/mol. The van der Waals surface area contributed by atoms with Gasteiger partial charge in [-0.2, -0.15) is 0 Å². The van der Waals surface area contributed by atoms with Gasteiger partial charge in [-0.25, -0.2) is 4.98 Å². The van der Waals surface area contributed by atoms with E-state index in [1.165, 1.54) is 6.39 Å². The summed E-state index contributed by atoms with van der Waals surface area (Å²) in [5.74, 6) is 2.18. The molecule has 0 bridgehead atoms. The standard InChI is InChI=1S/C17H20N2O4/c1-3-13-15(19-10-23-13)17(20)18-8-11-7-12-5-4-6-14(21-2)16(12)22-9-11/h4-6,10-11H,3,7-9H2,1-2H3,(H,18,20). The van der Waals surface area contributed by atoms with Crippen LogP contribution in [0.4, 0.5) is 0 Å². The van der Waals surface area contributed by atoms with Gasteiger partial charge in [0.15, 0.2) is 23.6 Å². The van der Waals surface area contributed by atoms with E-state index in [0.717, 1.165) is 23.5 Å². The van der Waals surface area contributed by atoms with Gasteiger partial charge in [-0.1, -0.05) is 19.1 Å². The van der Waals surface area contributed by atoms with Crippen LogP contribution in [-0.4, -0.2) is 31.2 Å². The molecule has 2 heterocycles. The highest BCUT2D eigenvalue weighted by Gasteiger charge is 2.24. The van der Waals surface area contributed by atoms with Gasteiger partial charge in [-0.15, -0.1) is 0 Å². The van der Waals surface area contributed by atoms with E-state index < -0.39 is 0 Å². The van der Waals surface area contributed by atoms with Crippen molar-refractivity contribution in [3.63, 3.8) is 0 Å². The number of aryl methyl sites for hydroxylation is 1. The first-order valence-electron chi connectivity index (χ1n) is 7.72. The number of hydrogen-bond donors (Lipinski definition) is 1. The molecule has 1 aliphatic rings. The molecule has 0 saturated carbocycles. The topological polar surface area (TPSA) is 73.6 Å². The highest BCUT2D eigenvalue weighted by Crippen LogP contribution is 2.35. The quantitative estimate of drug-likeness (QED) is 0.915. The van der Waals surface area contributed by atoms with Crippen LogP contribution in [0.5, 0.6) is 11.5 Å². The molecule has 23 heavy (non-hydrogen) atoms. The van der Waals surface area contributed by atoms with E-state index >= 15 is 0 Å². The lowest BCUT2D eigenvalue weighted by atomic mass is 9.96. The van der Waals surface area contributed by atoms with Gasteiger partial charge in [0, 0.05) is 18.9 Å². The van der Waals surface area contributed by atoms with E-state index in [1.807, 2.05) is 25.1 Å². The highest BCUT2D eigenvalue weighted by molar-refractivity contribution is 5.93. The molecule has 1 unspecified atom stereocenters. The third kappa shape index (κ3) is 3.16. The van der Waals surface area contributed by atoms with Gasteiger partial charge >= 0.3 is 0 Å². The van der Waals surface area contributed by atoms with Crippen LogP contribution in [-0.2, 0) is 12.8 Å². The fourth-order valence-electron chi connectivity index (χ4n) is 2.78. The summed E-state index contributed by atoms with van der Waals surface area (Å²) in [5.41, 5.74) is 1.47. The number of hydrogen-bond acceptors (Lipinski definition) is 5. The van der Waals surface area contributed by atoms with Crippen molar-refractivity contribution in [1.82, 2.24) is 10.3 Å². The smallest absolute Gasteiger partial charge is 0.273 e. The third-order valence-electron chi connectivity index (χ3n) is 3.98. The summed E-state index contributed by atoms with van der Waals surface area (Å²) in [5, 5.41) is 2.92. The Morgan fingerprint density at radius 1 is 1.48 bits per heavy atom. The lowest BCUT2D eigenvalue weighted by Crippen LogP contribution is -2.35. The molecule has 1 N–H and O–H groups in total. The minimum atomic E-state index is -0.202. The minimum absolute atomic E-state index is 0.202. The molecule has 122 valence electrons. The number of amides is 1. The predicted octanol–water partition coefficient (Wildman–Crippen LogP) is 2.23. The number of carbonyl (C=O) groups excluding carboxylic acids is 1. The maximum absolute atomic E-state index is 12.2. The third-order valence-corrected chi connectivity index (χ3v) is 3.98. The molecule has 1 amide bonds. The van der Waals surface area contributed by atoms with Crippen LogP contribution in [0.2, 0.25) is 0 Å². The largest absolute Gasteiger partial charge is 0.493 e. The monoisotopic (exact) mass is 316 g/mol. The zero-order valence-corrected chi connectivity index (χ0v) is 13.3. The summed E-state index contributed by atoms with van der Waals surface area (Å²) < 4.78 is 16.3. The maximum atomic E-state index is 12.2. The van der Waals surface area contributed by atoms with Crippen molar-refractivity contribution in [3.8, 4) is 11.5 Å². The molecule has 1 aromatic heterocycles. The molecular weight excluding hydrogens is 296 g/mol. The van der Waals surface area contributed by atoms with Crippen LogP contribution in [0.3, 0.4) is 0 Å². The number of fused-ring (bicyclic) bond motifs is 1. The van der Waals surface area contributed by atoms with Gasteiger partial charge < -0.3 is 19.2 Å². The fraction of sp³-hybridized carbons (Fsp3) is 0.412. The van der Waals surface area contributed by atoms with Crippen molar-refractivity contribution in [2.75, 3.05) is 20.3 Å². The van der Waals surface area contributed by atoms with Crippen molar-refractivity contribution < 1.29 is 18.7 Å². The van der Waals surface area contributed by atoms with Crippen LogP contribution in [0.1, 0.15) is 28.7 Å². The summed E-state index contributed by atoms with van der Waals surface area (Å²) >= 11 is 0. The Kier molecular flexibility index (Phi) is 4.50. The van der Waals surface area contributed by atoms with Gasteiger partial charge in [0.25, 0.3) is 5.91 Å². The summed E-state index contributed by atoms with van der Waals surface area (Å²) in [4.78, 5) is 16.2. The zero-order valence-electron chi connectivity index (χ0n) is 13.3. The number of methoxy groups -OCH3 is 1. The van der Waals surface area contributed by atoms with E-state index in [4.69, 9.17) is 13.9 Å². The molecule has 3 rings (SSSR count). The number of rotatable bonds is 5. The SMILES string of the molecule is CCc1ocnc1C(=O)NCC1COc2c(cccc2OC)C1. The molecule has 6 heteroatoms. The van der Waals surface area contributed by atoms with Crippen LogP contribution in [0.25, 0.3) is 0 Å². The van der Waals surface area contributed by atoms with Crippen molar-refractivity contribution >= 4 is 5.91 Å². The van der Waals surface area contributed by atoms with Gasteiger partial charge in [0.2, 0.25) is 0 Å². The van der Waals surface area contributed by atoms with Gasteiger partial charge in [-0.3, -0.25) is 4.79 Å². The van der Waals surface area contributed by atoms with Crippen LogP contribution in [0.15, 0.2) is 29.0 Å². The van der Waals surface area contributed by atoms with Gasteiger partial charge in [-0.05, 0) is 18.1 Å². The van der Waals surface area contributed by atoms with Crippen molar-refractivity contribution in [2.24, 2.45) is 5.92 Å². The van der Waals surface area contributed by atoms with Gasteiger partial charge in [0.05, 0.1) is 13.7 Å². The Hall–Kier alpha value is -2.50. The molecule has 0 radical (unpaired) electrons. The number of oxazole rings is 1. The Balaban J connectivity index is 1.61. The van der Waals surface area contributed by atoms with Crippen LogP contribution >= 0.6 is 0 Å². The number of nitrogens with zero attached hydrogens (tertiary/aromatic N) is 1. The first kappa shape index (κ1) is 15.4. The maximum Gasteiger partial charge on any atom is 0.273 e. The summed E-state index contributed by atoms with van der Waals surface area (Å²) in [6.45, 7) is 3.01. The zero-order chi connectivity index (χ0) is 16.2. The second-order valence-electron chi connectivity index (χ2n) is 5.52. The van der Waals surface area contributed by atoms with E-state index in [0.29, 0.717) is 31.0 Å². The highest BCUT2D eigenvalue weighted by atomic mass is 16.5. The van der Waals surface area contributed by atoms with Crippen LogP contribution in [0, 0.1) is 5.92 Å². The molecule has 0 aliphatic carbocycles. The van der Waals surface area contributed by atoms with Crippen molar-refractivity contribution in [1.29, 1.82) is 0 Å². The molecule has 0 fully saturated rings. The lowest BCUT2D eigenvalue weighted by Gasteiger charge is -2.26. The molecule has 6 nitrogen and oxygen atoms in total. The summed E-state index contributed by atoms with van der Waals surface area (Å²) in [7, 11) is 1.63. The van der Waals surface area contributed by atoms with E-state index in [2.05, 4.69) is 10.3 Å². The number of para-hydroxylation sites is 1. The Morgan fingerprint density at radius 3 is 3.13 bits per heavy atom. The van der Waals surface area contributed by atoms with E-state index in [-0.39, 0.29) is 11.8 Å². The number of aromatic nitrogens is 1. The van der Waals surface area contributed by atoms with Crippen molar-refractivity contribution in [3.05, 3.63) is 41.6 Å². The fourth-order valence-corrected chi connectivity index (χ4v) is 2.78. The van der Waals surface area contributed by atoms with E-state index in [9.17, 15) is 4.79 Å².